The Labute approximate surface area is 193 Å². The van der Waals surface area contributed by atoms with E-state index in [1.165, 1.54) is 29.8 Å². The van der Waals surface area contributed by atoms with Crippen LogP contribution in [0.4, 0.5) is 0 Å². The SMILES string of the molecule is CC/C=C(\CC)c1cc2ncn(-c3ccc(OCCN4CCCC4)c(OC)c3)c(=O)c2s1. The molecule has 1 aliphatic heterocycles. The first-order chi connectivity index (χ1) is 15.6. The molecule has 170 valence electrons. The van der Waals surface area contributed by atoms with Gasteiger partial charge in [0, 0.05) is 17.5 Å². The lowest BCUT2D eigenvalue weighted by molar-refractivity contribution is 0.230. The molecule has 6 nitrogen and oxygen atoms in total. The number of hydrogen-bond acceptors (Lipinski definition) is 6. The van der Waals surface area contributed by atoms with Crippen molar-refractivity contribution in [2.24, 2.45) is 0 Å². The molecular formula is C25H31N3O3S. The molecule has 3 heterocycles. The van der Waals surface area contributed by atoms with Crippen LogP contribution in [0.1, 0.15) is 44.4 Å². The van der Waals surface area contributed by atoms with E-state index in [2.05, 4.69) is 29.8 Å². The van der Waals surface area contributed by atoms with Crippen LogP contribution in [0, 0.1) is 0 Å². The Morgan fingerprint density at radius 1 is 1.19 bits per heavy atom. The van der Waals surface area contributed by atoms with Crippen molar-refractivity contribution in [2.75, 3.05) is 33.4 Å². The zero-order chi connectivity index (χ0) is 22.5. The van der Waals surface area contributed by atoms with Crippen molar-refractivity contribution in [1.29, 1.82) is 0 Å². The van der Waals surface area contributed by atoms with Crippen LogP contribution in [0.5, 0.6) is 11.5 Å². The molecule has 4 rings (SSSR count). The lowest BCUT2D eigenvalue weighted by atomic mass is 10.1. The third kappa shape index (κ3) is 4.74. The Kier molecular flexibility index (Phi) is 7.27. The van der Waals surface area contributed by atoms with Crippen LogP contribution in [0.2, 0.25) is 0 Å². The normalized spacial score (nSPS) is 14.9. The van der Waals surface area contributed by atoms with Crippen LogP contribution < -0.4 is 15.0 Å². The highest BCUT2D eigenvalue weighted by Gasteiger charge is 2.15. The van der Waals surface area contributed by atoms with E-state index in [1.807, 2.05) is 24.3 Å². The number of hydrogen-bond donors (Lipinski definition) is 0. The number of rotatable bonds is 9. The molecule has 0 N–H and O–H groups in total. The molecule has 0 saturated carbocycles. The van der Waals surface area contributed by atoms with Crippen LogP contribution in [0.3, 0.4) is 0 Å². The summed E-state index contributed by atoms with van der Waals surface area (Å²) in [5.74, 6) is 1.30. The highest BCUT2D eigenvalue weighted by Crippen LogP contribution is 2.31. The maximum absolute atomic E-state index is 13.3. The van der Waals surface area contributed by atoms with E-state index >= 15 is 0 Å². The number of benzene rings is 1. The van der Waals surface area contributed by atoms with Crippen LogP contribution in [0.25, 0.3) is 21.5 Å². The number of aromatic nitrogens is 2. The minimum absolute atomic E-state index is 0.0667. The summed E-state index contributed by atoms with van der Waals surface area (Å²) in [4.78, 5) is 21.3. The van der Waals surface area contributed by atoms with Gasteiger partial charge in [0.05, 0.1) is 18.3 Å². The summed E-state index contributed by atoms with van der Waals surface area (Å²) in [6, 6.07) is 7.61. The van der Waals surface area contributed by atoms with Gasteiger partial charge in [-0.15, -0.1) is 11.3 Å². The summed E-state index contributed by atoms with van der Waals surface area (Å²) in [5, 5.41) is 0. The van der Waals surface area contributed by atoms with Gasteiger partial charge in [-0.3, -0.25) is 14.3 Å². The smallest absolute Gasteiger partial charge is 0.275 e. The predicted octanol–water partition coefficient (Wildman–Crippen LogP) is 5.13. The fraction of sp³-hybridized carbons (Fsp3) is 0.440. The zero-order valence-electron chi connectivity index (χ0n) is 19.1. The lowest BCUT2D eigenvalue weighted by Gasteiger charge is -2.17. The third-order valence-corrected chi connectivity index (χ3v) is 7.06. The van der Waals surface area contributed by atoms with Gasteiger partial charge in [-0.05, 0) is 62.5 Å². The van der Waals surface area contributed by atoms with Gasteiger partial charge in [-0.25, -0.2) is 4.98 Å². The Hall–Kier alpha value is -2.64. The lowest BCUT2D eigenvalue weighted by Crippen LogP contribution is -2.25. The zero-order valence-corrected chi connectivity index (χ0v) is 19.9. The number of nitrogens with zero attached hydrogens (tertiary/aromatic N) is 3. The molecule has 0 bridgehead atoms. The molecular weight excluding hydrogens is 422 g/mol. The van der Waals surface area contributed by atoms with Crippen molar-refractivity contribution in [1.82, 2.24) is 14.5 Å². The van der Waals surface area contributed by atoms with Crippen LogP contribution in [-0.4, -0.2) is 47.8 Å². The minimum Gasteiger partial charge on any atom is -0.493 e. The molecule has 2 aromatic heterocycles. The summed E-state index contributed by atoms with van der Waals surface area (Å²) >= 11 is 1.52. The Morgan fingerprint density at radius 2 is 2.00 bits per heavy atom. The van der Waals surface area contributed by atoms with Crippen molar-refractivity contribution < 1.29 is 9.47 Å². The van der Waals surface area contributed by atoms with Gasteiger partial charge in [0.15, 0.2) is 11.5 Å². The Morgan fingerprint density at radius 3 is 2.72 bits per heavy atom. The van der Waals surface area contributed by atoms with Gasteiger partial charge < -0.3 is 9.47 Å². The van der Waals surface area contributed by atoms with Gasteiger partial charge in [-0.2, -0.15) is 0 Å². The van der Waals surface area contributed by atoms with Gasteiger partial charge >= 0.3 is 0 Å². The molecule has 0 spiro atoms. The Bertz CT molecular complexity index is 1160. The summed E-state index contributed by atoms with van der Waals surface area (Å²) in [5.41, 5.74) is 2.65. The molecule has 3 aromatic rings. The number of ether oxygens (including phenoxy) is 2. The van der Waals surface area contributed by atoms with Crippen molar-refractivity contribution in [2.45, 2.75) is 39.5 Å². The topological polar surface area (TPSA) is 56.6 Å². The van der Waals surface area contributed by atoms with E-state index < -0.39 is 0 Å². The number of thiophene rings is 1. The number of likely N-dealkylation sites (tertiary alicyclic amines) is 1. The quantitative estimate of drug-likeness (QED) is 0.449. The molecule has 0 radical (unpaired) electrons. The van der Waals surface area contributed by atoms with Crippen LogP contribution in [0.15, 0.2) is 41.5 Å². The largest absolute Gasteiger partial charge is 0.493 e. The van der Waals surface area contributed by atoms with E-state index in [9.17, 15) is 4.79 Å². The molecule has 1 aromatic carbocycles. The first-order valence-corrected chi connectivity index (χ1v) is 12.2. The fourth-order valence-electron chi connectivity index (χ4n) is 4.14. The van der Waals surface area contributed by atoms with E-state index in [4.69, 9.17) is 9.47 Å². The molecule has 0 atom stereocenters. The van der Waals surface area contributed by atoms with Crippen molar-refractivity contribution >= 4 is 27.1 Å². The van der Waals surface area contributed by atoms with E-state index in [1.54, 1.807) is 18.0 Å². The molecule has 32 heavy (non-hydrogen) atoms. The second kappa shape index (κ2) is 10.3. The predicted molar refractivity (Wildman–Crippen MR) is 131 cm³/mol. The maximum atomic E-state index is 13.3. The monoisotopic (exact) mass is 453 g/mol. The summed E-state index contributed by atoms with van der Waals surface area (Å²) in [7, 11) is 1.62. The maximum Gasteiger partial charge on any atom is 0.275 e. The highest BCUT2D eigenvalue weighted by molar-refractivity contribution is 7.19. The molecule has 1 saturated heterocycles. The number of fused-ring (bicyclic) bond motifs is 1. The average molecular weight is 454 g/mol. The summed E-state index contributed by atoms with van der Waals surface area (Å²) < 4.78 is 13.8. The molecule has 0 unspecified atom stereocenters. The molecule has 0 amide bonds. The second-order valence-electron chi connectivity index (χ2n) is 7.97. The highest BCUT2D eigenvalue weighted by atomic mass is 32.1. The molecule has 1 aliphatic rings. The van der Waals surface area contributed by atoms with Gasteiger partial charge in [0.2, 0.25) is 0 Å². The summed E-state index contributed by atoms with van der Waals surface area (Å²) in [6.45, 7) is 8.09. The van der Waals surface area contributed by atoms with Gasteiger partial charge in [0.1, 0.15) is 17.6 Å². The van der Waals surface area contributed by atoms with Gasteiger partial charge in [-0.1, -0.05) is 19.9 Å². The van der Waals surface area contributed by atoms with Gasteiger partial charge in [0.25, 0.3) is 5.56 Å². The van der Waals surface area contributed by atoms with E-state index in [0.717, 1.165) is 42.9 Å². The third-order valence-electron chi connectivity index (χ3n) is 5.87. The molecule has 0 aliphatic carbocycles. The first-order valence-electron chi connectivity index (χ1n) is 11.4. The number of methoxy groups -OCH3 is 1. The van der Waals surface area contributed by atoms with Crippen LogP contribution in [-0.2, 0) is 0 Å². The average Bonchev–Trinajstić information content (AvgIpc) is 3.48. The first kappa shape index (κ1) is 22.6. The van der Waals surface area contributed by atoms with Crippen molar-refractivity contribution in [3.05, 3.63) is 51.9 Å². The van der Waals surface area contributed by atoms with E-state index in [-0.39, 0.29) is 5.56 Å². The number of allylic oxidation sites excluding steroid dienone is 2. The molecule has 1 fully saturated rings. The standard InChI is InChI=1S/C25H31N3O3S/c1-4-8-18(5-2)23-16-20-24(32-23)25(29)28(17-26-20)19-9-10-21(22(15-19)30-3)31-14-13-27-11-6-7-12-27/h8-10,15-17H,4-7,11-14H2,1-3H3/b18-8+. The summed E-state index contributed by atoms with van der Waals surface area (Å²) in [6.07, 6.45) is 8.26. The molecule has 7 heteroatoms. The fourth-order valence-corrected chi connectivity index (χ4v) is 5.29. The second-order valence-corrected chi connectivity index (χ2v) is 9.02. The van der Waals surface area contributed by atoms with Crippen molar-refractivity contribution in [3.8, 4) is 17.2 Å². The van der Waals surface area contributed by atoms with Crippen LogP contribution >= 0.6 is 11.3 Å². The van der Waals surface area contributed by atoms with Crippen molar-refractivity contribution in [3.63, 3.8) is 0 Å². The Balaban J connectivity index is 1.59. The minimum atomic E-state index is -0.0667. The van der Waals surface area contributed by atoms with E-state index in [0.29, 0.717) is 28.5 Å².